The number of hydrogen-bond acceptors (Lipinski definition) is 4. The summed E-state index contributed by atoms with van der Waals surface area (Å²) in [5, 5.41) is 0.774. The van der Waals surface area contributed by atoms with Crippen molar-refractivity contribution < 1.29 is 18.7 Å². The van der Waals surface area contributed by atoms with Crippen molar-refractivity contribution in [2.45, 2.75) is 47.6 Å². The van der Waals surface area contributed by atoms with E-state index in [-0.39, 0.29) is 11.9 Å². The van der Waals surface area contributed by atoms with Crippen molar-refractivity contribution in [3.8, 4) is 11.5 Å². The smallest absolute Gasteiger partial charge is 0.197 e. The molecule has 3 rings (SSSR count). The second kappa shape index (κ2) is 7.10. The highest BCUT2D eigenvalue weighted by Gasteiger charge is 2.24. The van der Waals surface area contributed by atoms with E-state index >= 15 is 0 Å². The average molecular weight is 366 g/mol. The van der Waals surface area contributed by atoms with Crippen LogP contribution in [0.4, 0.5) is 0 Å². The van der Waals surface area contributed by atoms with Crippen LogP contribution in [0, 0.1) is 27.7 Å². The molecule has 0 bridgehead atoms. The Balaban J connectivity index is 2.19. The zero-order valence-electron chi connectivity index (χ0n) is 17.0. The number of hydrogen-bond donors (Lipinski definition) is 0. The van der Waals surface area contributed by atoms with E-state index in [9.17, 15) is 4.79 Å². The summed E-state index contributed by atoms with van der Waals surface area (Å²) in [7, 11) is 1.62. The van der Waals surface area contributed by atoms with Gasteiger partial charge in [0.1, 0.15) is 11.5 Å². The highest BCUT2D eigenvalue weighted by Crippen LogP contribution is 2.37. The predicted octanol–water partition coefficient (Wildman–Crippen LogP) is 5.69. The Morgan fingerprint density at radius 3 is 2.37 bits per heavy atom. The zero-order chi connectivity index (χ0) is 19.9. The lowest BCUT2D eigenvalue weighted by Crippen LogP contribution is -2.07. The molecule has 0 aliphatic heterocycles. The summed E-state index contributed by atoms with van der Waals surface area (Å²) in [6.45, 7) is 11.7. The van der Waals surface area contributed by atoms with Gasteiger partial charge in [0.05, 0.1) is 18.8 Å². The first-order valence-corrected chi connectivity index (χ1v) is 9.13. The molecule has 4 heteroatoms. The van der Waals surface area contributed by atoms with Gasteiger partial charge in [-0.2, -0.15) is 0 Å². The van der Waals surface area contributed by atoms with E-state index in [0.29, 0.717) is 34.0 Å². The molecule has 0 saturated heterocycles. The highest BCUT2D eigenvalue weighted by atomic mass is 16.5. The first-order valence-electron chi connectivity index (χ1n) is 9.13. The number of rotatable bonds is 5. The number of ether oxygens (including phenoxy) is 2. The minimum atomic E-state index is -0.0769. The molecule has 0 unspecified atom stereocenters. The summed E-state index contributed by atoms with van der Waals surface area (Å²) < 4.78 is 17.4. The molecule has 3 aromatic rings. The van der Waals surface area contributed by atoms with Crippen molar-refractivity contribution in [2.24, 2.45) is 0 Å². The molecule has 1 aromatic heterocycles. The molecule has 0 aliphatic carbocycles. The molecule has 2 aromatic carbocycles. The first-order chi connectivity index (χ1) is 12.7. The Bertz CT molecular complexity index is 1020. The molecule has 1 heterocycles. The lowest BCUT2D eigenvalue weighted by atomic mass is 9.96. The summed E-state index contributed by atoms with van der Waals surface area (Å²) in [4.78, 5) is 13.3. The Morgan fingerprint density at radius 1 is 1.04 bits per heavy atom. The van der Waals surface area contributed by atoms with Crippen molar-refractivity contribution in [2.75, 3.05) is 7.11 Å². The molecular formula is C23H26O4. The van der Waals surface area contributed by atoms with Gasteiger partial charge in [-0.15, -0.1) is 0 Å². The van der Waals surface area contributed by atoms with Crippen LogP contribution in [0.2, 0.25) is 0 Å². The number of aryl methyl sites for hydroxylation is 3. The minimum absolute atomic E-state index is 0.0165. The molecule has 0 amide bonds. The molecule has 4 nitrogen and oxygen atoms in total. The van der Waals surface area contributed by atoms with Crippen LogP contribution in [0.25, 0.3) is 11.0 Å². The summed E-state index contributed by atoms with van der Waals surface area (Å²) >= 11 is 0. The number of furan rings is 1. The molecule has 0 radical (unpaired) electrons. The largest absolute Gasteiger partial charge is 0.496 e. The standard InChI is InChI=1S/C23H26O4/c1-12(2)26-22-13(3)8-9-18-20(16(6)27-23(18)22)21(24)17-10-14(4)15(5)19(11-17)25-7/h8-12H,1-7H3. The zero-order valence-corrected chi connectivity index (χ0v) is 17.0. The van der Waals surface area contributed by atoms with Crippen molar-refractivity contribution in [1.29, 1.82) is 0 Å². The van der Waals surface area contributed by atoms with Crippen molar-refractivity contribution in [3.05, 3.63) is 57.8 Å². The lowest BCUT2D eigenvalue weighted by molar-refractivity contribution is 0.103. The van der Waals surface area contributed by atoms with E-state index in [1.165, 1.54) is 0 Å². The van der Waals surface area contributed by atoms with E-state index in [4.69, 9.17) is 13.9 Å². The Labute approximate surface area is 160 Å². The summed E-state index contributed by atoms with van der Waals surface area (Å²) in [5.41, 5.74) is 4.82. The van der Waals surface area contributed by atoms with E-state index < -0.39 is 0 Å². The molecule has 0 saturated carbocycles. The number of fused-ring (bicyclic) bond motifs is 1. The maximum absolute atomic E-state index is 13.3. The van der Waals surface area contributed by atoms with Crippen molar-refractivity contribution in [3.63, 3.8) is 0 Å². The first kappa shape index (κ1) is 19.0. The summed E-state index contributed by atoms with van der Waals surface area (Å²) in [5.74, 6) is 1.92. The Kier molecular flexibility index (Phi) is 5.01. The topological polar surface area (TPSA) is 48.7 Å². The molecule has 0 aliphatic rings. The Hall–Kier alpha value is -2.75. The predicted molar refractivity (Wildman–Crippen MR) is 107 cm³/mol. The third-order valence-corrected chi connectivity index (χ3v) is 4.87. The van der Waals surface area contributed by atoms with Gasteiger partial charge in [-0.25, -0.2) is 0 Å². The second-order valence-corrected chi connectivity index (χ2v) is 7.24. The molecule has 0 atom stereocenters. The van der Waals surface area contributed by atoms with Gasteiger partial charge in [0.2, 0.25) is 0 Å². The van der Waals surface area contributed by atoms with E-state index in [2.05, 4.69) is 0 Å². The van der Waals surface area contributed by atoms with Crippen LogP contribution in [0.3, 0.4) is 0 Å². The summed E-state index contributed by atoms with van der Waals surface area (Å²) in [6.07, 6.45) is 0.0165. The lowest BCUT2D eigenvalue weighted by Gasteiger charge is -2.12. The number of carbonyl (C=O) groups excluding carboxylic acids is 1. The summed E-state index contributed by atoms with van der Waals surface area (Å²) in [6, 6.07) is 7.59. The molecule has 0 spiro atoms. The number of methoxy groups -OCH3 is 1. The van der Waals surface area contributed by atoms with Gasteiger partial charge < -0.3 is 13.9 Å². The van der Waals surface area contributed by atoms with Gasteiger partial charge in [0.15, 0.2) is 17.1 Å². The van der Waals surface area contributed by atoms with E-state index in [1.54, 1.807) is 13.2 Å². The third kappa shape index (κ3) is 3.32. The van der Waals surface area contributed by atoms with Crippen LogP contribution in [-0.2, 0) is 0 Å². The van der Waals surface area contributed by atoms with Crippen LogP contribution < -0.4 is 9.47 Å². The van der Waals surface area contributed by atoms with Crippen LogP contribution in [0.5, 0.6) is 11.5 Å². The monoisotopic (exact) mass is 366 g/mol. The van der Waals surface area contributed by atoms with Gasteiger partial charge in [0, 0.05) is 10.9 Å². The molecule has 0 fully saturated rings. The Morgan fingerprint density at radius 2 is 1.74 bits per heavy atom. The molecule has 27 heavy (non-hydrogen) atoms. The van der Waals surface area contributed by atoms with Gasteiger partial charge in [0.25, 0.3) is 0 Å². The number of benzene rings is 2. The molecular weight excluding hydrogens is 340 g/mol. The van der Waals surface area contributed by atoms with Gasteiger partial charge in [-0.1, -0.05) is 6.07 Å². The van der Waals surface area contributed by atoms with Gasteiger partial charge in [-0.3, -0.25) is 4.79 Å². The fourth-order valence-electron chi connectivity index (χ4n) is 3.33. The van der Waals surface area contributed by atoms with Crippen molar-refractivity contribution in [1.82, 2.24) is 0 Å². The third-order valence-electron chi connectivity index (χ3n) is 4.87. The van der Waals surface area contributed by atoms with E-state index in [0.717, 1.165) is 22.1 Å². The second-order valence-electron chi connectivity index (χ2n) is 7.24. The molecule has 142 valence electrons. The molecule has 0 N–H and O–H groups in total. The average Bonchev–Trinajstić information content (AvgIpc) is 2.95. The van der Waals surface area contributed by atoms with Gasteiger partial charge in [-0.05, 0) is 76.4 Å². The number of ketones is 1. The normalized spacial score (nSPS) is 11.3. The maximum Gasteiger partial charge on any atom is 0.197 e. The quantitative estimate of drug-likeness (QED) is 0.544. The van der Waals surface area contributed by atoms with Crippen LogP contribution >= 0.6 is 0 Å². The van der Waals surface area contributed by atoms with Crippen LogP contribution in [0.15, 0.2) is 28.7 Å². The van der Waals surface area contributed by atoms with E-state index in [1.807, 2.05) is 59.7 Å². The van der Waals surface area contributed by atoms with Gasteiger partial charge >= 0.3 is 0 Å². The van der Waals surface area contributed by atoms with Crippen molar-refractivity contribution >= 4 is 16.8 Å². The minimum Gasteiger partial charge on any atom is -0.496 e. The van der Waals surface area contributed by atoms with Crippen LogP contribution in [-0.4, -0.2) is 19.0 Å². The maximum atomic E-state index is 13.3. The van der Waals surface area contributed by atoms with Crippen LogP contribution in [0.1, 0.15) is 52.2 Å². The SMILES string of the molecule is COc1cc(C(=O)c2c(C)oc3c(OC(C)C)c(C)ccc23)cc(C)c1C. The fourth-order valence-corrected chi connectivity index (χ4v) is 3.33. The fraction of sp³-hybridized carbons (Fsp3) is 0.348. The highest BCUT2D eigenvalue weighted by molar-refractivity contribution is 6.17. The number of carbonyl (C=O) groups is 1.